The molecule has 0 saturated carbocycles. The number of H-pyrrole nitrogens is 1. The van der Waals surface area contributed by atoms with Crippen LogP contribution >= 0.6 is 31.9 Å². The van der Waals surface area contributed by atoms with Crippen LogP contribution in [0.1, 0.15) is 53.3 Å². The molecule has 0 radical (unpaired) electrons. The van der Waals surface area contributed by atoms with Crippen LogP contribution in [0.25, 0.3) is 0 Å². The molecular weight excluding hydrogens is 602 g/mol. The van der Waals surface area contributed by atoms with Gasteiger partial charge in [-0.2, -0.15) is 0 Å². The Balaban J connectivity index is 1.16. The number of nitrogens with one attached hydrogen (secondary N) is 1. The number of carbonyl (C=O) groups excluding carboxylic acids is 1. The van der Waals surface area contributed by atoms with Gasteiger partial charge in [0.2, 0.25) is 5.88 Å². The molecule has 2 saturated heterocycles. The number of nitrogen functional groups attached to an aromatic ring is 1. The maximum Gasteiger partial charge on any atom is 0.328 e. The second-order valence-corrected chi connectivity index (χ2v) is 11.6. The molecule has 0 aliphatic carbocycles. The van der Waals surface area contributed by atoms with E-state index in [4.69, 9.17) is 5.73 Å². The van der Waals surface area contributed by atoms with E-state index in [0.717, 1.165) is 44.3 Å². The molecule has 8 nitrogen and oxygen atoms in total. The summed E-state index contributed by atoms with van der Waals surface area (Å²) in [6.45, 7) is 3.16. The van der Waals surface area contributed by atoms with E-state index in [9.17, 15) is 14.7 Å². The van der Waals surface area contributed by atoms with Crippen molar-refractivity contribution < 1.29 is 9.90 Å². The number of aromatic amines is 1. The number of carbonyl (C=O) groups is 1. The third-order valence-electron chi connectivity index (χ3n) is 7.66. The largest absolute Gasteiger partial charge is 0.493 e. The highest BCUT2D eigenvalue weighted by Gasteiger charge is 2.32. The van der Waals surface area contributed by atoms with E-state index in [1.54, 1.807) is 16.7 Å². The molecule has 10 heteroatoms. The summed E-state index contributed by atoms with van der Waals surface area (Å²) in [6, 6.07) is 13.8. The van der Waals surface area contributed by atoms with Crippen molar-refractivity contribution in [2.75, 3.05) is 31.9 Å². The maximum absolute atomic E-state index is 13.1. The quantitative estimate of drug-likeness (QED) is 0.359. The topological polar surface area (TPSA) is 108 Å². The first-order chi connectivity index (χ1) is 17.8. The molecule has 37 heavy (non-hydrogen) atoms. The predicted octanol–water partition coefficient (Wildman–Crippen LogP) is 4.52. The minimum absolute atomic E-state index is 0.0198. The number of nitrogens with zero attached hydrogens (tertiary/aromatic N) is 3. The number of aromatic hydroxyl groups is 1. The molecule has 1 amide bonds. The standard InChI is InChI=1S/C27H31Br2N5O3/c28-21-15-18(16-22(29)24(21)30)25(35)33-12-6-19(7-13-33)32-10-8-20(9-11-32)34-26(36)23(31-27(34)37)14-17-4-2-1-3-5-17/h1-5,15-16,19-20,36H,6-14,30H2,(H,31,37). The zero-order valence-corrected chi connectivity index (χ0v) is 23.7. The Hall–Kier alpha value is -2.56. The van der Waals surface area contributed by atoms with Crippen LogP contribution in [0.4, 0.5) is 5.69 Å². The van der Waals surface area contributed by atoms with Crippen molar-refractivity contribution >= 4 is 43.5 Å². The van der Waals surface area contributed by atoms with Crippen LogP contribution in [-0.2, 0) is 6.42 Å². The van der Waals surface area contributed by atoms with Gasteiger partial charge in [-0.25, -0.2) is 4.79 Å². The number of aromatic nitrogens is 2. The minimum Gasteiger partial charge on any atom is -0.493 e. The molecule has 5 rings (SSSR count). The van der Waals surface area contributed by atoms with Crippen molar-refractivity contribution in [3.8, 4) is 5.88 Å². The highest BCUT2D eigenvalue weighted by molar-refractivity contribution is 9.11. The summed E-state index contributed by atoms with van der Waals surface area (Å²) >= 11 is 6.85. The number of benzene rings is 2. The van der Waals surface area contributed by atoms with Gasteiger partial charge in [0.15, 0.2) is 0 Å². The second kappa shape index (κ2) is 11.0. The first-order valence-electron chi connectivity index (χ1n) is 12.7. The van der Waals surface area contributed by atoms with Crippen LogP contribution in [-0.4, -0.2) is 62.6 Å². The van der Waals surface area contributed by atoms with Crippen molar-refractivity contribution in [3.05, 3.63) is 78.7 Å². The highest BCUT2D eigenvalue weighted by atomic mass is 79.9. The molecule has 0 unspecified atom stereocenters. The summed E-state index contributed by atoms with van der Waals surface area (Å²) in [6.07, 6.45) is 3.95. The van der Waals surface area contributed by atoms with Crippen molar-refractivity contribution in [1.29, 1.82) is 0 Å². The Morgan fingerprint density at radius 3 is 2.19 bits per heavy atom. The third-order valence-corrected chi connectivity index (χ3v) is 8.97. The van der Waals surface area contributed by atoms with Crippen LogP contribution in [0.3, 0.4) is 0 Å². The van der Waals surface area contributed by atoms with Crippen molar-refractivity contribution in [2.24, 2.45) is 0 Å². The van der Waals surface area contributed by atoms with E-state index in [-0.39, 0.29) is 23.5 Å². The summed E-state index contributed by atoms with van der Waals surface area (Å²) in [5.74, 6) is 0.0761. The van der Waals surface area contributed by atoms with Gasteiger partial charge in [-0.05, 0) is 75.2 Å². The molecule has 4 N–H and O–H groups in total. The van der Waals surface area contributed by atoms with E-state index in [0.29, 0.717) is 51.4 Å². The Kier molecular flexibility index (Phi) is 7.78. The number of likely N-dealkylation sites (tertiary alicyclic amines) is 2. The molecule has 2 aliphatic rings. The predicted molar refractivity (Wildman–Crippen MR) is 151 cm³/mol. The Labute approximate surface area is 232 Å². The van der Waals surface area contributed by atoms with E-state index < -0.39 is 0 Å². The zero-order chi connectivity index (χ0) is 26.1. The Morgan fingerprint density at radius 2 is 1.57 bits per heavy atom. The van der Waals surface area contributed by atoms with Gasteiger partial charge in [0.1, 0.15) is 0 Å². The Morgan fingerprint density at radius 1 is 0.973 bits per heavy atom. The summed E-state index contributed by atoms with van der Waals surface area (Å²) in [5.41, 5.74) is 8.54. The average molecular weight is 633 g/mol. The van der Waals surface area contributed by atoms with E-state index in [1.807, 2.05) is 35.2 Å². The van der Waals surface area contributed by atoms with E-state index in [1.165, 1.54) is 0 Å². The molecule has 0 spiro atoms. The Bertz CT molecular complexity index is 1300. The molecule has 0 atom stereocenters. The smallest absolute Gasteiger partial charge is 0.328 e. The van der Waals surface area contributed by atoms with Gasteiger partial charge in [-0.1, -0.05) is 30.3 Å². The number of piperidine rings is 2. The number of halogens is 2. The molecule has 1 aromatic heterocycles. The number of anilines is 1. The van der Waals surface area contributed by atoms with Gasteiger partial charge < -0.3 is 25.6 Å². The minimum atomic E-state index is -0.241. The number of hydrogen-bond acceptors (Lipinski definition) is 5. The van der Waals surface area contributed by atoms with Gasteiger partial charge >= 0.3 is 5.69 Å². The lowest BCUT2D eigenvalue weighted by Crippen LogP contribution is -2.49. The fourth-order valence-electron chi connectivity index (χ4n) is 5.58. The molecule has 0 bridgehead atoms. The number of rotatable bonds is 5. The van der Waals surface area contributed by atoms with Crippen LogP contribution < -0.4 is 11.4 Å². The fourth-order valence-corrected chi connectivity index (χ4v) is 6.77. The highest BCUT2D eigenvalue weighted by Crippen LogP contribution is 2.32. The van der Waals surface area contributed by atoms with Crippen LogP contribution in [0.15, 0.2) is 56.2 Å². The molecular formula is C27H31Br2N5O3. The molecule has 2 fully saturated rings. The monoisotopic (exact) mass is 631 g/mol. The van der Waals surface area contributed by atoms with Crippen LogP contribution in [0.2, 0.25) is 0 Å². The number of nitrogens with two attached hydrogens (primary N) is 1. The average Bonchev–Trinajstić information content (AvgIpc) is 3.19. The number of amides is 1. The van der Waals surface area contributed by atoms with Gasteiger partial charge in [0.05, 0.1) is 11.4 Å². The SMILES string of the molecule is Nc1c(Br)cc(C(=O)N2CCC(N3CCC(n4c(O)c(Cc5ccccc5)[nH]c4=O)CC3)CC2)cc1Br. The fraction of sp³-hybridized carbons (Fsp3) is 0.407. The number of imidazole rings is 1. The van der Waals surface area contributed by atoms with Crippen molar-refractivity contribution in [3.63, 3.8) is 0 Å². The van der Waals surface area contributed by atoms with Crippen LogP contribution in [0, 0.1) is 0 Å². The van der Waals surface area contributed by atoms with Crippen LogP contribution in [0.5, 0.6) is 5.88 Å². The lowest BCUT2D eigenvalue weighted by Gasteiger charge is -2.42. The lowest BCUT2D eigenvalue weighted by molar-refractivity contribution is 0.0553. The first kappa shape index (κ1) is 26.1. The van der Waals surface area contributed by atoms with E-state index >= 15 is 0 Å². The molecule has 2 aromatic carbocycles. The van der Waals surface area contributed by atoms with E-state index in [2.05, 4.69) is 41.7 Å². The summed E-state index contributed by atoms with van der Waals surface area (Å²) in [7, 11) is 0. The van der Waals surface area contributed by atoms with Crippen molar-refractivity contribution in [1.82, 2.24) is 19.4 Å². The molecule has 2 aliphatic heterocycles. The van der Waals surface area contributed by atoms with Crippen molar-refractivity contribution in [2.45, 2.75) is 44.2 Å². The van der Waals surface area contributed by atoms with Gasteiger partial charge in [0.25, 0.3) is 5.91 Å². The van der Waals surface area contributed by atoms with Gasteiger partial charge in [-0.3, -0.25) is 9.36 Å². The zero-order valence-electron chi connectivity index (χ0n) is 20.5. The third kappa shape index (κ3) is 5.51. The molecule has 3 heterocycles. The van der Waals surface area contributed by atoms with Gasteiger partial charge in [-0.15, -0.1) is 0 Å². The number of hydrogen-bond donors (Lipinski definition) is 3. The molecule has 3 aromatic rings. The summed E-state index contributed by atoms with van der Waals surface area (Å²) < 4.78 is 2.96. The summed E-state index contributed by atoms with van der Waals surface area (Å²) in [4.78, 5) is 33.0. The van der Waals surface area contributed by atoms with Gasteiger partial charge in [0, 0.05) is 59.2 Å². The maximum atomic E-state index is 13.1. The lowest BCUT2D eigenvalue weighted by atomic mass is 9.97. The molecule has 196 valence electrons. The first-order valence-corrected chi connectivity index (χ1v) is 14.2. The summed E-state index contributed by atoms with van der Waals surface area (Å²) in [5, 5.41) is 10.8. The second-order valence-electron chi connectivity index (χ2n) is 9.91. The normalized spacial score (nSPS) is 17.8.